The van der Waals surface area contributed by atoms with E-state index in [0.717, 1.165) is 0 Å². The summed E-state index contributed by atoms with van der Waals surface area (Å²) >= 11 is 5.52. The first-order chi connectivity index (χ1) is 5.27. The van der Waals surface area contributed by atoms with Gasteiger partial charge in [-0.05, 0) is 11.2 Å². The highest BCUT2D eigenvalue weighted by Crippen LogP contribution is 2.24. The Labute approximate surface area is 68.1 Å². The minimum absolute atomic E-state index is 0.0550. The van der Waals surface area contributed by atoms with Crippen LogP contribution in [-0.2, 0) is 0 Å². The largest absolute Gasteiger partial charge is 0.481 e. The first kappa shape index (κ1) is 7.94. The van der Waals surface area contributed by atoms with E-state index in [1.165, 1.54) is 19.2 Å². The lowest BCUT2D eigenvalue weighted by molar-refractivity contribution is 0.398. The van der Waals surface area contributed by atoms with Crippen LogP contribution in [0.2, 0.25) is 5.15 Å². The number of hydrogen-bond acceptors (Lipinski definition) is 4. The van der Waals surface area contributed by atoms with Gasteiger partial charge in [0.15, 0.2) is 5.15 Å². The van der Waals surface area contributed by atoms with Gasteiger partial charge in [0.2, 0.25) is 5.88 Å². The first-order valence-corrected chi connectivity index (χ1v) is 3.19. The molecule has 1 heterocycles. The number of ether oxygens (including phenoxy) is 1. The van der Waals surface area contributed by atoms with Crippen molar-refractivity contribution in [2.45, 2.75) is 0 Å². The number of methoxy groups -OCH3 is 1. The summed E-state index contributed by atoms with van der Waals surface area (Å²) in [6.07, 6.45) is 0. The quantitative estimate of drug-likeness (QED) is 0.507. The highest BCUT2D eigenvalue weighted by Gasteiger charge is 2.02. The summed E-state index contributed by atoms with van der Waals surface area (Å²) in [6.45, 7) is 0. The van der Waals surface area contributed by atoms with Gasteiger partial charge < -0.3 is 4.74 Å². The summed E-state index contributed by atoms with van der Waals surface area (Å²) < 4.78 is 4.76. The van der Waals surface area contributed by atoms with Gasteiger partial charge in [-0.2, -0.15) is 4.98 Å². The van der Waals surface area contributed by atoms with E-state index in [-0.39, 0.29) is 10.8 Å². The van der Waals surface area contributed by atoms with Crippen molar-refractivity contribution in [3.8, 4) is 5.88 Å². The van der Waals surface area contributed by atoms with Crippen molar-refractivity contribution in [3.05, 3.63) is 22.2 Å². The summed E-state index contributed by atoms with van der Waals surface area (Å²) in [5.74, 6) is 0.363. The number of hydrogen-bond donors (Lipinski definition) is 0. The van der Waals surface area contributed by atoms with Gasteiger partial charge in [-0.1, -0.05) is 11.6 Å². The standard InChI is InChI=1S/C6H5ClN2O2/c1-11-5-3-2-4(9-10)6(7)8-5/h2-3H,1H3. The van der Waals surface area contributed by atoms with Crippen LogP contribution in [0.1, 0.15) is 0 Å². The fourth-order valence-electron chi connectivity index (χ4n) is 0.592. The lowest BCUT2D eigenvalue weighted by Gasteiger charge is -1.97. The molecule has 0 N–H and O–H groups in total. The SMILES string of the molecule is COc1ccc(N=O)c(Cl)n1. The molecule has 0 aliphatic rings. The minimum atomic E-state index is 0.0550. The number of aromatic nitrogens is 1. The Bertz CT molecular complexity index is 277. The molecule has 0 radical (unpaired) electrons. The van der Waals surface area contributed by atoms with Crippen LogP contribution in [0.25, 0.3) is 0 Å². The van der Waals surface area contributed by atoms with Crippen LogP contribution in [0.15, 0.2) is 17.3 Å². The molecule has 1 aromatic rings. The van der Waals surface area contributed by atoms with Crippen molar-refractivity contribution in [1.82, 2.24) is 4.98 Å². The average Bonchev–Trinajstić information content (AvgIpc) is 2.04. The molecule has 0 aromatic carbocycles. The Morgan fingerprint density at radius 1 is 1.64 bits per heavy atom. The van der Waals surface area contributed by atoms with Crippen molar-refractivity contribution >= 4 is 17.3 Å². The van der Waals surface area contributed by atoms with Crippen LogP contribution in [0.4, 0.5) is 5.69 Å². The molecule has 11 heavy (non-hydrogen) atoms. The van der Waals surface area contributed by atoms with Crippen LogP contribution < -0.4 is 4.74 Å². The van der Waals surface area contributed by atoms with Gasteiger partial charge in [0.25, 0.3) is 0 Å². The molecule has 0 amide bonds. The Hall–Kier alpha value is -1.16. The molecule has 0 atom stereocenters. The molecule has 0 saturated carbocycles. The van der Waals surface area contributed by atoms with Gasteiger partial charge in [0, 0.05) is 6.07 Å². The second-order valence-corrected chi connectivity index (χ2v) is 2.11. The lowest BCUT2D eigenvalue weighted by atomic mass is 10.4. The van der Waals surface area contributed by atoms with E-state index in [0.29, 0.717) is 5.88 Å². The van der Waals surface area contributed by atoms with Gasteiger partial charge in [-0.15, -0.1) is 4.91 Å². The summed E-state index contributed by atoms with van der Waals surface area (Å²) in [7, 11) is 1.46. The summed E-state index contributed by atoms with van der Waals surface area (Å²) in [5, 5.41) is 2.70. The van der Waals surface area contributed by atoms with Gasteiger partial charge in [0.1, 0.15) is 5.69 Å². The molecule has 1 aromatic heterocycles. The fourth-order valence-corrected chi connectivity index (χ4v) is 0.773. The molecule has 0 aliphatic carbocycles. The molecule has 0 aliphatic heterocycles. The summed E-state index contributed by atoms with van der Waals surface area (Å²) in [4.78, 5) is 13.7. The van der Waals surface area contributed by atoms with E-state index in [2.05, 4.69) is 10.2 Å². The zero-order valence-electron chi connectivity index (χ0n) is 5.74. The topological polar surface area (TPSA) is 51.5 Å². The molecule has 1 rings (SSSR count). The zero-order chi connectivity index (χ0) is 8.27. The lowest BCUT2D eigenvalue weighted by Crippen LogP contribution is -1.86. The molecule has 5 heteroatoms. The summed E-state index contributed by atoms with van der Waals surface area (Å²) in [5.41, 5.74) is 0.118. The van der Waals surface area contributed by atoms with E-state index in [4.69, 9.17) is 16.3 Å². The third kappa shape index (κ3) is 1.65. The first-order valence-electron chi connectivity index (χ1n) is 2.82. The van der Waals surface area contributed by atoms with Crippen molar-refractivity contribution in [2.75, 3.05) is 7.11 Å². The van der Waals surface area contributed by atoms with Gasteiger partial charge in [0.05, 0.1) is 7.11 Å². The van der Waals surface area contributed by atoms with Crippen LogP contribution in [0.3, 0.4) is 0 Å². The van der Waals surface area contributed by atoms with E-state index >= 15 is 0 Å². The predicted octanol–water partition coefficient (Wildman–Crippen LogP) is 2.14. The van der Waals surface area contributed by atoms with Crippen LogP contribution >= 0.6 is 11.6 Å². The van der Waals surface area contributed by atoms with Crippen molar-refractivity contribution in [2.24, 2.45) is 5.18 Å². The van der Waals surface area contributed by atoms with Crippen LogP contribution in [0.5, 0.6) is 5.88 Å². The van der Waals surface area contributed by atoms with E-state index in [1.807, 2.05) is 0 Å². The molecule has 0 bridgehead atoms. The predicted molar refractivity (Wildman–Crippen MR) is 41.3 cm³/mol. The van der Waals surface area contributed by atoms with E-state index in [1.54, 1.807) is 0 Å². The Morgan fingerprint density at radius 2 is 2.36 bits per heavy atom. The smallest absolute Gasteiger partial charge is 0.214 e. The molecular weight excluding hydrogens is 168 g/mol. The number of pyridine rings is 1. The fraction of sp³-hybridized carbons (Fsp3) is 0.167. The zero-order valence-corrected chi connectivity index (χ0v) is 6.50. The Kier molecular flexibility index (Phi) is 2.38. The van der Waals surface area contributed by atoms with Gasteiger partial charge in [-0.3, -0.25) is 0 Å². The molecular formula is C6H5ClN2O2. The average molecular weight is 173 g/mol. The Balaban J connectivity index is 3.09. The second-order valence-electron chi connectivity index (χ2n) is 1.75. The highest BCUT2D eigenvalue weighted by atomic mass is 35.5. The van der Waals surface area contributed by atoms with Crippen LogP contribution in [0, 0.1) is 4.91 Å². The highest BCUT2D eigenvalue weighted by molar-refractivity contribution is 6.31. The number of rotatable bonds is 2. The number of nitrogens with zero attached hydrogens (tertiary/aromatic N) is 2. The van der Waals surface area contributed by atoms with Crippen molar-refractivity contribution < 1.29 is 4.74 Å². The van der Waals surface area contributed by atoms with E-state index in [9.17, 15) is 4.91 Å². The van der Waals surface area contributed by atoms with Gasteiger partial charge in [-0.25, -0.2) is 0 Å². The number of halogens is 1. The second kappa shape index (κ2) is 3.30. The number of nitroso groups, excluding NO2 is 1. The third-order valence-electron chi connectivity index (χ3n) is 1.11. The normalized spacial score (nSPS) is 9.27. The molecule has 0 spiro atoms. The molecule has 0 fully saturated rings. The molecule has 58 valence electrons. The van der Waals surface area contributed by atoms with Crippen molar-refractivity contribution in [1.29, 1.82) is 0 Å². The maximum atomic E-state index is 10.0. The van der Waals surface area contributed by atoms with Gasteiger partial charge >= 0.3 is 0 Å². The maximum absolute atomic E-state index is 10.0. The Morgan fingerprint density at radius 3 is 2.82 bits per heavy atom. The molecule has 0 saturated heterocycles. The van der Waals surface area contributed by atoms with E-state index < -0.39 is 0 Å². The third-order valence-corrected chi connectivity index (χ3v) is 1.39. The van der Waals surface area contributed by atoms with Crippen molar-refractivity contribution in [3.63, 3.8) is 0 Å². The van der Waals surface area contributed by atoms with Crippen LogP contribution in [-0.4, -0.2) is 12.1 Å². The minimum Gasteiger partial charge on any atom is -0.481 e. The molecule has 4 nitrogen and oxygen atoms in total. The summed E-state index contributed by atoms with van der Waals surface area (Å²) in [6, 6.07) is 2.96. The monoisotopic (exact) mass is 172 g/mol. The maximum Gasteiger partial charge on any atom is 0.214 e. The molecule has 0 unspecified atom stereocenters.